The van der Waals surface area contributed by atoms with Crippen LogP contribution in [0, 0.1) is 0 Å². The van der Waals surface area contributed by atoms with Gasteiger partial charge in [-0.25, -0.2) is 0 Å². The number of hydrogen-bond donors (Lipinski definition) is 0. The van der Waals surface area contributed by atoms with Gasteiger partial charge in [0, 0.05) is 49.2 Å². The molecule has 10 rings (SSSR count). The van der Waals surface area contributed by atoms with Crippen molar-refractivity contribution in [2.45, 2.75) is 12.5 Å². The Hall–Kier alpha value is -5.86. The molecule has 2 aromatic heterocycles. The summed E-state index contributed by atoms with van der Waals surface area (Å²) < 4.78 is 5.04. The van der Waals surface area contributed by atoms with Crippen molar-refractivity contribution in [3.8, 4) is 16.8 Å². The second-order valence-corrected chi connectivity index (χ2v) is 12.5. The van der Waals surface area contributed by atoms with Gasteiger partial charge in [-0.3, -0.25) is 0 Å². The van der Waals surface area contributed by atoms with E-state index in [0.29, 0.717) is 6.04 Å². The summed E-state index contributed by atoms with van der Waals surface area (Å²) in [4.78, 5) is 0. The van der Waals surface area contributed by atoms with Crippen molar-refractivity contribution in [3.63, 3.8) is 0 Å². The first-order chi connectivity index (χ1) is 22.8. The molecule has 1 unspecified atom stereocenters. The van der Waals surface area contributed by atoms with Gasteiger partial charge in [0.05, 0.1) is 17.1 Å². The highest BCUT2D eigenvalue weighted by Gasteiger charge is 2.23. The maximum Gasteiger partial charge on any atom is 0.0626 e. The molecule has 0 aliphatic heterocycles. The second kappa shape index (κ2) is 9.82. The average Bonchev–Trinajstić information content (AvgIpc) is 3.64. The summed E-state index contributed by atoms with van der Waals surface area (Å²) in [6.45, 7) is 0. The van der Waals surface area contributed by atoms with Gasteiger partial charge >= 0.3 is 0 Å². The fraction of sp³-hybridized carbons (Fsp3) is 0.0455. The molecule has 0 saturated carbocycles. The van der Waals surface area contributed by atoms with Crippen molar-refractivity contribution in [1.29, 1.82) is 0 Å². The summed E-state index contributed by atoms with van der Waals surface area (Å²) in [5, 5.41) is 10.2. The van der Waals surface area contributed by atoms with E-state index in [1.165, 1.54) is 82.0 Å². The summed E-state index contributed by atoms with van der Waals surface area (Å²) in [5.74, 6) is 0. The van der Waals surface area contributed by atoms with Crippen LogP contribution in [0.1, 0.15) is 12.5 Å². The van der Waals surface area contributed by atoms with Gasteiger partial charge in [-0.1, -0.05) is 127 Å². The predicted octanol–water partition coefficient (Wildman–Crippen LogP) is 11.9. The average molecular weight is 587 g/mol. The minimum atomic E-state index is 0.302. The van der Waals surface area contributed by atoms with E-state index in [-0.39, 0.29) is 0 Å². The van der Waals surface area contributed by atoms with Gasteiger partial charge in [-0.05, 0) is 64.5 Å². The van der Waals surface area contributed by atoms with Crippen molar-refractivity contribution in [1.82, 2.24) is 9.13 Å². The molecule has 2 heteroatoms. The Balaban J connectivity index is 1.38. The first-order valence-electron chi connectivity index (χ1n) is 16.1. The number of para-hydroxylation sites is 2. The molecule has 0 N–H and O–H groups in total. The molecule has 216 valence electrons. The topological polar surface area (TPSA) is 9.86 Å². The Morgan fingerprint density at radius 3 is 2.07 bits per heavy atom. The van der Waals surface area contributed by atoms with E-state index in [4.69, 9.17) is 0 Å². The van der Waals surface area contributed by atoms with Crippen LogP contribution >= 0.6 is 0 Å². The largest absolute Gasteiger partial charge is 0.333 e. The zero-order chi connectivity index (χ0) is 30.2. The smallest absolute Gasteiger partial charge is 0.0626 e. The van der Waals surface area contributed by atoms with Gasteiger partial charge in [0.2, 0.25) is 0 Å². The van der Waals surface area contributed by atoms with Crippen LogP contribution in [0.15, 0.2) is 164 Å². The van der Waals surface area contributed by atoms with Crippen molar-refractivity contribution >= 4 is 65.2 Å². The molecule has 0 fully saturated rings. The number of nitrogens with zero attached hydrogens (tertiary/aromatic N) is 2. The summed E-state index contributed by atoms with van der Waals surface area (Å²) >= 11 is 0. The maximum atomic E-state index is 2.53. The van der Waals surface area contributed by atoms with E-state index >= 15 is 0 Å². The van der Waals surface area contributed by atoms with Crippen LogP contribution in [0.5, 0.6) is 0 Å². The summed E-state index contributed by atoms with van der Waals surface area (Å²) in [6.07, 6.45) is 9.95. The number of hydrogen-bond acceptors (Lipinski definition) is 0. The molecule has 0 amide bonds. The lowest BCUT2D eigenvalue weighted by molar-refractivity contribution is 0.648. The number of aromatic nitrogens is 2. The highest BCUT2D eigenvalue weighted by atomic mass is 15.0. The molecule has 1 aliphatic carbocycles. The van der Waals surface area contributed by atoms with Gasteiger partial charge in [-0.15, -0.1) is 0 Å². The molecule has 0 bridgehead atoms. The van der Waals surface area contributed by atoms with Crippen LogP contribution in [0.3, 0.4) is 0 Å². The lowest BCUT2D eigenvalue weighted by atomic mass is 9.93. The van der Waals surface area contributed by atoms with E-state index in [2.05, 4.69) is 173 Å². The summed E-state index contributed by atoms with van der Waals surface area (Å²) in [6, 6.07) is 51.9. The van der Waals surface area contributed by atoms with Gasteiger partial charge in [-0.2, -0.15) is 0 Å². The van der Waals surface area contributed by atoms with E-state index in [0.717, 1.165) is 6.42 Å². The molecule has 0 spiro atoms. The molecule has 0 radical (unpaired) electrons. The molecule has 2 nitrogen and oxygen atoms in total. The zero-order valence-electron chi connectivity index (χ0n) is 25.3. The Labute approximate surface area is 266 Å². The molecular weight excluding hydrogens is 556 g/mol. The molecular formula is C44H30N2. The van der Waals surface area contributed by atoms with Gasteiger partial charge in [0.25, 0.3) is 0 Å². The van der Waals surface area contributed by atoms with Crippen LogP contribution in [-0.2, 0) is 0 Å². The normalized spacial score (nSPS) is 14.9. The Kier molecular flexibility index (Phi) is 5.44. The SMILES string of the molecule is C1=CCC(n2c3ccccc3c3cc(-c4c5ccccc5cc5c6ccc7ccccc7c6n(-c6ccccc6)c45)ccc32)C=C1. The lowest BCUT2D eigenvalue weighted by Crippen LogP contribution is -2.06. The van der Waals surface area contributed by atoms with Crippen LogP contribution in [0.4, 0.5) is 0 Å². The van der Waals surface area contributed by atoms with Crippen molar-refractivity contribution in [2.24, 2.45) is 0 Å². The number of allylic oxidation sites excluding steroid dienone is 4. The predicted molar refractivity (Wildman–Crippen MR) is 196 cm³/mol. The number of fused-ring (bicyclic) bond motifs is 9. The third-order valence-corrected chi connectivity index (χ3v) is 9.96. The van der Waals surface area contributed by atoms with Gasteiger partial charge in [0.15, 0.2) is 0 Å². The van der Waals surface area contributed by atoms with Crippen molar-refractivity contribution in [3.05, 3.63) is 164 Å². The quantitative estimate of drug-likeness (QED) is 0.195. The number of rotatable bonds is 3. The van der Waals surface area contributed by atoms with E-state index in [9.17, 15) is 0 Å². The minimum Gasteiger partial charge on any atom is -0.333 e. The monoisotopic (exact) mass is 586 g/mol. The fourth-order valence-corrected chi connectivity index (χ4v) is 8.00. The Morgan fingerprint density at radius 1 is 0.478 bits per heavy atom. The van der Waals surface area contributed by atoms with Crippen LogP contribution in [-0.4, -0.2) is 9.13 Å². The van der Waals surface area contributed by atoms with Gasteiger partial charge in [0.1, 0.15) is 0 Å². The van der Waals surface area contributed by atoms with Crippen molar-refractivity contribution < 1.29 is 0 Å². The first kappa shape index (κ1) is 25.5. The van der Waals surface area contributed by atoms with E-state index < -0.39 is 0 Å². The van der Waals surface area contributed by atoms with Crippen LogP contribution in [0.25, 0.3) is 82.0 Å². The summed E-state index contributed by atoms with van der Waals surface area (Å²) in [5.41, 5.74) is 8.75. The van der Waals surface area contributed by atoms with Gasteiger partial charge < -0.3 is 9.13 Å². The molecule has 2 heterocycles. The second-order valence-electron chi connectivity index (χ2n) is 12.5. The molecule has 0 saturated heterocycles. The standard InChI is InChI=1S/C44H30N2/c1-3-15-32(16-4-1)45-40-22-12-11-21-36(40)38-28-31(24-26-41(38)45)42-34-19-9-8-14-30(34)27-39-37-25-23-29-13-7-10-20-35(29)43(37)46(44(39)42)33-17-5-2-6-18-33/h1-15,17-28,32H,16H2. The lowest BCUT2D eigenvalue weighted by Gasteiger charge is -2.18. The molecule has 46 heavy (non-hydrogen) atoms. The third-order valence-electron chi connectivity index (χ3n) is 9.96. The molecule has 9 aromatic rings. The highest BCUT2D eigenvalue weighted by Crippen LogP contribution is 2.46. The zero-order valence-corrected chi connectivity index (χ0v) is 25.3. The highest BCUT2D eigenvalue weighted by molar-refractivity contribution is 6.25. The first-order valence-corrected chi connectivity index (χ1v) is 16.1. The summed E-state index contributed by atoms with van der Waals surface area (Å²) in [7, 11) is 0. The van der Waals surface area contributed by atoms with Crippen molar-refractivity contribution in [2.75, 3.05) is 0 Å². The van der Waals surface area contributed by atoms with Crippen LogP contribution in [0.2, 0.25) is 0 Å². The fourth-order valence-electron chi connectivity index (χ4n) is 8.00. The molecule has 7 aromatic carbocycles. The maximum absolute atomic E-state index is 2.53. The minimum absolute atomic E-state index is 0.302. The van der Waals surface area contributed by atoms with Crippen LogP contribution < -0.4 is 0 Å². The number of benzene rings is 7. The molecule has 1 atom stereocenters. The Bertz CT molecular complexity index is 2720. The van der Waals surface area contributed by atoms with E-state index in [1.807, 2.05) is 0 Å². The Morgan fingerprint density at radius 2 is 1.22 bits per heavy atom. The van der Waals surface area contributed by atoms with E-state index in [1.54, 1.807) is 0 Å². The molecule has 1 aliphatic rings. The third kappa shape index (κ3) is 3.59.